The van der Waals surface area contributed by atoms with Crippen molar-refractivity contribution in [3.05, 3.63) is 228 Å². The van der Waals surface area contributed by atoms with E-state index in [4.69, 9.17) is 14.4 Å². The Hall–Kier alpha value is -7.82. The van der Waals surface area contributed by atoms with Gasteiger partial charge in [-0.3, -0.25) is 0 Å². The number of aromatic nitrogens is 1. The van der Waals surface area contributed by atoms with Gasteiger partial charge in [-0.15, -0.1) is 0 Å². The van der Waals surface area contributed by atoms with Crippen LogP contribution in [0.3, 0.4) is 0 Å². The van der Waals surface area contributed by atoms with Crippen molar-refractivity contribution in [3.63, 3.8) is 0 Å². The van der Waals surface area contributed by atoms with E-state index in [2.05, 4.69) is 176 Å². The van der Waals surface area contributed by atoms with E-state index in [1.165, 1.54) is 49.7 Å². The van der Waals surface area contributed by atoms with Crippen LogP contribution < -0.4 is 0 Å². The van der Waals surface area contributed by atoms with Crippen molar-refractivity contribution in [2.45, 2.75) is 19.3 Å². The molecule has 4 heteroatoms. The van der Waals surface area contributed by atoms with Crippen LogP contribution in [0.1, 0.15) is 41.7 Å². The van der Waals surface area contributed by atoms with Crippen molar-refractivity contribution in [2.75, 3.05) is 0 Å². The van der Waals surface area contributed by atoms with E-state index >= 15 is 0 Å². The molecule has 3 heterocycles. The number of allylic oxidation sites excluding steroid dienone is 3. The van der Waals surface area contributed by atoms with Gasteiger partial charge in [-0.1, -0.05) is 147 Å². The summed E-state index contributed by atoms with van der Waals surface area (Å²) in [6.45, 7) is 4.69. The zero-order chi connectivity index (χ0) is 40.7. The van der Waals surface area contributed by atoms with Gasteiger partial charge in [0.1, 0.15) is 11.2 Å². The molecule has 1 aliphatic heterocycles. The zero-order valence-electron chi connectivity index (χ0n) is 33.8. The Morgan fingerprint density at radius 2 is 1.10 bits per heavy atom. The van der Waals surface area contributed by atoms with Crippen molar-refractivity contribution in [2.24, 2.45) is 9.98 Å². The van der Waals surface area contributed by atoms with Crippen LogP contribution in [0.4, 0.5) is 0 Å². The summed E-state index contributed by atoms with van der Waals surface area (Å²) < 4.78 is 8.92. The van der Waals surface area contributed by atoms with Gasteiger partial charge in [0.15, 0.2) is 5.84 Å². The maximum Gasteiger partial charge on any atom is 0.160 e. The minimum Gasteiger partial charge on any atom is -0.456 e. The average molecular weight is 782 g/mol. The maximum atomic E-state index is 6.45. The molecular weight excluding hydrogens is 743 g/mol. The third-order valence-corrected chi connectivity index (χ3v) is 12.7. The summed E-state index contributed by atoms with van der Waals surface area (Å²) in [5.74, 6) is 0.663. The first-order chi connectivity index (χ1) is 30.0. The molecule has 8 aromatic carbocycles. The van der Waals surface area contributed by atoms with E-state index in [-0.39, 0.29) is 5.41 Å². The maximum absolute atomic E-state index is 6.45. The first-order valence-corrected chi connectivity index (χ1v) is 20.9. The SMILES string of the molecule is CC1(C)c2ccccc2-c2c(-n3c4ccccc4c4cc(-c5ccc6oc7ccc(C8=C\C=C\C(c9ccccc9)=N/C(c9ccccc9)=N\8)cc7c6c5)ccc43)cccc21. The van der Waals surface area contributed by atoms with E-state index in [0.717, 1.165) is 61.2 Å². The lowest BCUT2D eigenvalue weighted by Crippen LogP contribution is -2.14. The highest BCUT2D eigenvalue weighted by Gasteiger charge is 2.37. The molecule has 2 aliphatic rings. The van der Waals surface area contributed by atoms with Gasteiger partial charge in [-0.25, -0.2) is 9.98 Å². The number of amidine groups is 1. The van der Waals surface area contributed by atoms with Crippen LogP contribution >= 0.6 is 0 Å². The fourth-order valence-electron chi connectivity index (χ4n) is 9.65. The molecule has 0 fully saturated rings. The van der Waals surface area contributed by atoms with Crippen LogP contribution in [0, 0.1) is 0 Å². The molecule has 0 radical (unpaired) electrons. The summed E-state index contributed by atoms with van der Waals surface area (Å²) in [5, 5.41) is 4.57. The average Bonchev–Trinajstić information content (AvgIpc) is 3.91. The minimum atomic E-state index is -0.0763. The molecule has 0 bridgehead atoms. The molecule has 288 valence electrons. The number of rotatable bonds is 5. The number of fused-ring (bicyclic) bond motifs is 9. The molecule has 0 saturated carbocycles. The molecule has 4 nitrogen and oxygen atoms in total. The number of para-hydroxylation sites is 1. The van der Waals surface area contributed by atoms with E-state index in [1.54, 1.807) is 0 Å². The Labute approximate surface area is 353 Å². The number of hydrogen-bond acceptors (Lipinski definition) is 3. The lowest BCUT2D eigenvalue weighted by atomic mass is 9.82. The van der Waals surface area contributed by atoms with Gasteiger partial charge in [-0.05, 0) is 94.6 Å². The van der Waals surface area contributed by atoms with Crippen LogP contribution in [0.25, 0.3) is 77.4 Å². The normalized spacial score (nSPS) is 17.5. The van der Waals surface area contributed by atoms with Crippen molar-refractivity contribution in [1.29, 1.82) is 0 Å². The first kappa shape index (κ1) is 35.2. The van der Waals surface area contributed by atoms with E-state index in [1.807, 2.05) is 42.5 Å². The van der Waals surface area contributed by atoms with Crippen molar-refractivity contribution in [3.8, 4) is 27.9 Å². The highest BCUT2D eigenvalue weighted by molar-refractivity contribution is 6.18. The van der Waals surface area contributed by atoms with Gasteiger partial charge in [0.2, 0.25) is 0 Å². The zero-order valence-corrected chi connectivity index (χ0v) is 33.8. The molecular formula is C57H39N3O. The summed E-state index contributed by atoms with van der Waals surface area (Å²) in [5.41, 5.74) is 17.6. The molecule has 1 aliphatic carbocycles. The number of nitrogens with zero attached hydrogens (tertiary/aromatic N) is 3. The Kier molecular flexibility index (Phi) is 7.85. The molecule has 0 spiro atoms. The predicted molar refractivity (Wildman–Crippen MR) is 254 cm³/mol. The molecule has 10 aromatic rings. The summed E-state index contributed by atoms with van der Waals surface area (Å²) >= 11 is 0. The third kappa shape index (κ3) is 5.60. The molecule has 0 saturated heterocycles. The van der Waals surface area contributed by atoms with Crippen molar-refractivity contribution < 1.29 is 4.42 Å². The van der Waals surface area contributed by atoms with Gasteiger partial charge in [-0.2, -0.15) is 0 Å². The molecule has 12 rings (SSSR count). The van der Waals surface area contributed by atoms with Crippen LogP contribution in [-0.2, 0) is 5.41 Å². The fourth-order valence-corrected chi connectivity index (χ4v) is 9.65. The summed E-state index contributed by atoms with van der Waals surface area (Å²) in [6, 6.07) is 64.8. The summed E-state index contributed by atoms with van der Waals surface area (Å²) in [4.78, 5) is 10.3. The molecule has 0 N–H and O–H groups in total. The number of aliphatic imine (C=N–C) groups is 2. The number of furan rings is 1. The van der Waals surface area contributed by atoms with Crippen LogP contribution in [0.2, 0.25) is 0 Å². The smallest absolute Gasteiger partial charge is 0.160 e. The fraction of sp³-hybridized carbons (Fsp3) is 0.0526. The van der Waals surface area contributed by atoms with Crippen LogP contribution in [-0.4, -0.2) is 16.1 Å². The van der Waals surface area contributed by atoms with Gasteiger partial charge in [0.05, 0.1) is 28.1 Å². The lowest BCUT2D eigenvalue weighted by molar-refractivity contribution is 0.660. The summed E-state index contributed by atoms with van der Waals surface area (Å²) in [6.07, 6.45) is 6.18. The number of benzene rings is 8. The van der Waals surface area contributed by atoms with Gasteiger partial charge in [0, 0.05) is 49.2 Å². The Morgan fingerprint density at radius 3 is 1.90 bits per heavy atom. The quantitative estimate of drug-likeness (QED) is 0.171. The van der Waals surface area contributed by atoms with Crippen LogP contribution in [0.15, 0.2) is 215 Å². The summed E-state index contributed by atoms with van der Waals surface area (Å²) in [7, 11) is 0. The highest BCUT2D eigenvalue weighted by Crippen LogP contribution is 2.51. The van der Waals surface area contributed by atoms with Gasteiger partial charge >= 0.3 is 0 Å². The number of hydrogen-bond donors (Lipinski definition) is 0. The minimum absolute atomic E-state index is 0.0763. The first-order valence-electron chi connectivity index (χ1n) is 20.9. The van der Waals surface area contributed by atoms with E-state index in [9.17, 15) is 0 Å². The largest absolute Gasteiger partial charge is 0.456 e. The van der Waals surface area contributed by atoms with Crippen molar-refractivity contribution >= 4 is 61.0 Å². The lowest BCUT2D eigenvalue weighted by Gasteiger charge is -2.21. The molecule has 0 atom stereocenters. The second-order valence-corrected chi connectivity index (χ2v) is 16.6. The van der Waals surface area contributed by atoms with Crippen molar-refractivity contribution in [1.82, 2.24) is 4.57 Å². The Morgan fingerprint density at radius 1 is 0.475 bits per heavy atom. The second kappa shape index (κ2) is 13.6. The second-order valence-electron chi connectivity index (χ2n) is 16.6. The standard InChI is InChI=1S/C57H39N3O/c1-57(2)46-21-11-9-20-42(46)55-47(57)22-13-26-52(55)60-50-25-12-10-19-41(50)43-33-38(27-30-51(43)60)39-28-31-53-44(34-39)45-35-40(29-32-54(45)61-53)49-24-14-23-48(36-15-5-3-6-16-36)58-56(59-49)37-17-7-4-8-18-37/h3-35H,1-2H3/b23-14+,24-14?,48-23?,49-24+,58-48+,58-56?,59-49?,59-56-. The molecule has 0 unspecified atom stereocenters. The third-order valence-electron chi connectivity index (χ3n) is 12.7. The topological polar surface area (TPSA) is 42.8 Å². The van der Waals surface area contributed by atoms with Crippen LogP contribution in [0.5, 0.6) is 0 Å². The van der Waals surface area contributed by atoms with Gasteiger partial charge in [0.25, 0.3) is 0 Å². The predicted octanol–water partition coefficient (Wildman–Crippen LogP) is 14.5. The Balaban J connectivity index is 0.969. The van der Waals surface area contributed by atoms with E-state index in [0.29, 0.717) is 5.84 Å². The molecule has 0 amide bonds. The monoisotopic (exact) mass is 781 g/mol. The molecule has 2 aromatic heterocycles. The highest BCUT2D eigenvalue weighted by atomic mass is 16.3. The molecule has 61 heavy (non-hydrogen) atoms. The van der Waals surface area contributed by atoms with Gasteiger partial charge < -0.3 is 8.98 Å². The van der Waals surface area contributed by atoms with E-state index < -0.39 is 0 Å². The Bertz CT molecular complexity index is 3540.